The van der Waals surface area contributed by atoms with Gasteiger partial charge in [0.05, 0.1) is 22.2 Å². The largest absolute Gasteiger partial charge is 0.456 e. The summed E-state index contributed by atoms with van der Waals surface area (Å²) in [5.74, 6) is 1.16. The van der Waals surface area contributed by atoms with Gasteiger partial charge in [0.25, 0.3) is 0 Å². The summed E-state index contributed by atoms with van der Waals surface area (Å²) in [5.41, 5.74) is 0.475. The first-order valence-electron chi connectivity index (χ1n) is 7.21. The van der Waals surface area contributed by atoms with Crippen molar-refractivity contribution >= 4 is 23.1 Å². The number of nitriles is 1. The summed E-state index contributed by atoms with van der Waals surface area (Å²) in [6.45, 7) is 0. The van der Waals surface area contributed by atoms with Gasteiger partial charge in [0.2, 0.25) is 0 Å². The quantitative estimate of drug-likeness (QED) is 0.506. The van der Waals surface area contributed by atoms with Crippen molar-refractivity contribution in [3.8, 4) is 17.6 Å². The van der Waals surface area contributed by atoms with Crippen molar-refractivity contribution in [2.24, 2.45) is 0 Å². The molecule has 1 atom stereocenters. The Kier molecular flexibility index (Phi) is 3.08. The SMILES string of the molecule is N#Cc1ccc2c(c1)P(=O)(c1ccccc1)c1ccccc1O2. The number of nitrogens with zero attached hydrogens (tertiary/aromatic N) is 1. The van der Waals surface area contributed by atoms with Crippen LogP contribution in [0.1, 0.15) is 5.56 Å². The van der Waals surface area contributed by atoms with Crippen LogP contribution in [0, 0.1) is 11.3 Å². The van der Waals surface area contributed by atoms with Crippen LogP contribution in [0.4, 0.5) is 0 Å². The van der Waals surface area contributed by atoms with Crippen LogP contribution in [-0.2, 0) is 4.57 Å². The lowest BCUT2D eigenvalue weighted by Crippen LogP contribution is -2.30. The summed E-state index contributed by atoms with van der Waals surface area (Å²) < 4.78 is 20.1. The summed E-state index contributed by atoms with van der Waals surface area (Å²) in [7, 11) is -3.06. The normalized spacial score (nSPS) is 18.2. The molecule has 0 spiro atoms. The maximum absolute atomic E-state index is 14.2. The molecule has 1 aliphatic heterocycles. The van der Waals surface area contributed by atoms with Crippen LogP contribution in [0.3, 0.4) is 0 Å². The first-order chi connectivity index (χ1) is 11.2. The van der Waals surface area contributed by atoms with Crippen molar-refractivity contribution in [3.63, 3.8) is 0 Å². The van der Waals surface area contributed by atoms with Crippen molar-refractivity contribution in [1.82, 2.24) is 0 Å². The fourth-order valence-electron chi connectivity index (χ4n) is 2.89. The van der Waals surface area contributed by atoms with Crippen LogP contribution in [0.5, 0.6) is 11.5 Å². The zero-order chi connectivity index (χ0) is 15.9. The molecule has 4 heteroatoms. The highest BCUT2D eigenvalue weighted by Crippen LogP contribution is 2.51. The van der Waals surface area contributed by atoms with Crippen LogP contribution >= 0.6 is 7.14 Å². The third kappa shape index (κ3) is 2.00. The van der Waals surface area contributed by atoms with E-state index in [1.807, 2.05) is 54.6 Å². The molecule has 0 N–H and O–H groups in total. The van der Waals surface area contributed by atoms with E-state index in [0.717, 1.165) is 5.30 Å². The van der Waals surface area contributed by atoms with E-state index in [1.165, 1.54) is 0 Å². The minimum atomic E-state index is -3.06. The molecule has 0 saturated carbocycles. The maximum atomic E-state index is 14.2. The van der Waals surface area contributed by atoms with Gasteiger partial charge in [-0.05, 0) is 30.3 Å². The van der Waals surface area contributed by atoms with E-state index in [4.69, 9.17) is 4.74 Å². The Morgan fingerprint density at radius 1 is 0.826 bits per heavy atom. The lowest BCUT2D eigenvalue weighted by atomic mass is 10.2. The topological polar surface area (TPSA) is 50.1 Å². The number of rotatable bonds is 1. The van der Waals surface area contributed by atoms with Gasteiger partial charge in [0, 0.05) is 5.30 Å². The van der Waals surface area contributed by atoms with Gasteiger partial charge < -0.3 is 9.30 Å². The van der Waals surface area contributed by atoms with E-state index >= 15 is 0 Å². The van der Waals surface area contributed by atoms with Crippen LogP contribution in [0.15, 0.2) is 72.8 Å². The van der Waals surface area contributed by atoms with Crippen molar-refractivity contribution in [3.05, 3.63) is 78.4 Å². The average molecular weight is 317 g/mol. The van der Waals surface area contributed by atoms with Gasteiger partial charge in [-0.2, -0.15) is 5.26 Å². The summed E-state index contributed by atoms with van der Waals surface area (Å²) in [4.78, 5) is 0. The average Bonchev–Trinajstić information content (AvgIpc) is 2.62. The number of benzene rings is 3. The molecule has 0 fully saturated rings. The van der Waals surface area contributed by atoms with Crippen molar-refractivity contribution in [2.75, 3.05) is 0 Å². The highest BCUT2D eigenvalue weighted by molar-refractivity contribution is 7.85. The molecule has 4 rings (SSSR count). The Morgan fingerprint density at radius 2 is 1.52 bits per heavy atom. The van der Waals surface area contributed by atoms with Crippen LogP contribution < -0.4 is 20.7 Å². The molecule has 0 radical (unpaired) electrons. The predicted octanol–water partition coefficient (Wildman–Crippen LogP) is 3.30. The van der Waals surface area contributed by atoms with E-state index < -0.39 is 7.14 Å². The fraction of sp³-hybridized carbons (Fsp3) is 0. The van der Waals surface area contributed by atoms with Crippen LogP contribution in [0.25, 0.3) is 0 Å². The summed E-state index contributed by atoms with van der Waals surface area (Å²) in [6, 6.07) is 24.0. The van der Waals surface area contributed by atoms with Gasteiger partial charge in [-0.3, -0.25) is 0 Å². The molecule has 1 aliphatic rings. The minimum absolute atomic E-state index is 0.475. The third-order valence-electron chi connectivity index (χ3n) is 3.97. The molecule has 0 aliphatic carbocycles. The molecular weight excluding hydrogens is 305 g/mol. The molecule has 1 heterocycles. The molecule has 110 valence electrons. The number of hydrogen-bond donors (Lipinski definition) is 0. The number of hydrogen-bond acceptors (Lipinski definition) is 3. The smallest absolute Gasteiger partial charge is 0.178 e. The van der Waals surface area contributed by atoms with E-state index in [2.05, 4.69) is 6.07 Å². The van der Waals surface area contributed by atoms with E-state index in [-0.39, 0.29) is 0 Å². The Hall–Kier alpha value is -2.82. The molecule has 3 aromatic carbocycles. The molecular formula is C19H12NO2P. The standard InChI is InChI=1S/C19H12NO2P/c20-13-14-10-11-17-19(12-14)23(21,15-6-2-1-3-7-15)18-9-5-4-8-16(18)22-17/h1-12H. The lowest BCUT2D eigenvalue weighted by Gasteiger charge is -2.28. The van der Waals surface area contributed by atoms with Crippen molar-refractivity contribution in [2.45, 2.75) is 0 Å². The monoisotopic (exact) mass is 317 g/mol. The van der Waals surface area contributed by atoms with Gasteiger partial charge in [0.1, 0.15) is 11.5 Å². The van der Waals surface area contributed by atoms with Gasteiger partial charge in [-0.15, -0.1) is 0 Å². The molecule has 1 unspecified atom stereocenters. The Bertz CT molecular complexity index is 990. The van der Waals surface area contributed by atoms with Crippen molar-refractivity contribution in [1.29, 1.82) is 5.26 Å². The zero-order valence-corrected chi connectivity index (χ0v) is 13.0. The van der Waals surface area contributed by atoms with E-state index in [0.29, 0.717) is 27.7 Å². The van der Waals surface area contributed by atoms with Crippen molar-refractivity contribution < 1.29 is 9.30 Å². The van der Waals surface area contributed by atoms with E-state index in [1.54, 1.807) is 18.2 Å². The lowest BCUT2D eigenvalue weighted by molar-refractivity contribution is 0.485. The molecule has 3 nitrogen and oxygen atoms in total. The van der Waals surface area contributed by atoms with Gasteiger partial charge in [-0.25, -0.2) is 0 Å². The number of ether oxygens (including phenoxy) is 1. The van der Waals surface area contributed by atoms with Crippen LogP contribution in [-0.4, -0.2) is 0 Å². The van der Waals surface area contributed by atoms with Gasteiger partial charge in [-0.1, -0.05) is 42.5 Å². The summed E-state index contributed by atoms with van der Waals surface area (Å²) >= 11 is 0. The molecule has 0 amide bonds. The minimum Gasteiger partial charge on any atom is -0.456 e. The molecule has 3 aromatic rings. The van der Waals surface area contributed by atoms with Gasteiger partial charge in [0.15, 0.2) is 7.14 Å². The highest BCUT2D eigenvalue weighted by Gasteiger charge is 2.38. The molecule has 0 bridgehead atoms. The third-order valence-corrected chi connectivity index (χ3v) is 7.07. The Labute approximate surface area is 134 Å². The first-order valence-corrected chi connectivity index (χ1v) is 8.92. The van der Waals surface area contributed by atoms with E-state index in [9.17, 15) is 9.83 Å². The maximum Gasteiger partial charge on any atom is 0.178 e. The molecule has 0 aromatic heterocycles. The summed E-state index contributed by atoms with van der Waals surface area (Å²) in [6.07, 6.45) is 0. The molecule has 0 saturated heterocycles. The zero-order valence-electron chi connectivity index (χ0n) is 12.1. The second-order valence-electron chi connectivity index (χ2n) is 5.31. The highest BCUT2D eigenvalue weighted by atomic mass is 31.2. The van der Waals surface area contributed by atoms with Crippen LogP contribution in [0.2, 0.25) is 0 Å². The summed E-state index contributed by atoms with van der Waals surface area (Å²) in [5, 5.41) is 11.2. The number of fused-ring (bicyclic) bond motifs is 2. The second-order valence-corrected chi connectivity index (χ2v) is 8.01. The first kappa shape index (κ1) is 13.8. The fourth-order valence-corrected chi connectivity index (χ4v) is 5.77. The van der Waals surface area contributed by atoms with Gasteiger partial charge >= 0.3 is 0 Å². The Balaban J connectivity index is 2.09. The number of para-hydroxylation sites is 1. The second kappa shape index (κ2) is 5.12. The Morgan fingerprint density at radius 3 is 2.30 bits per heavy atom. The predicted molar refractivity (Wildman–Crippen MR) is 90.6 cm³/mol. The molecule has 23 heavy (non-hydrogen) atoms.